The smallest absolute Gasteiger partial charge is 0.368 e. The van der Waals surface area contributed by atoms with Crippen molar-refractivity contribution in [3.05, 3.63) is 88.7 Å². The van der Waals surface area contributed by atoms with Crippen LogP contribution in [0.3, 0.4) is 0 Å². The molecule has 9 heteroatoms. The average molecular weight is 515 g/mol. The fraction of sp³-hybridized carbons (Fsp3) is 0.333. The van der Waals surface area contributed by atoms with E-state index in [4.69, 9.17) is 11.6 Å². The summed E-state index contributed by atoms with van der Waals surface area (Å²) in [5.41, 5.74) is 2.48. The Morgan fingerprint density at radius 2 is 1.94 bits per heavy atom. The third-order valence-corrected chi connectivity index (χ3v) is 7.19. The van der Waals surface area contributed by atoms with E-state index in [1.165, 1.54) is 6.07 Å². The average Bonchev–Trinajstić information content (AvgIpc) is 2.87. The molecule has 1 N–H and O–H groups in total. The van der Waals surface area contributed by atoms with Crippen molar-refractivity contribution in [1.29, 1.82) is 0 Å². The number of nitrogens with zero attached hydrogens (tertiary/aromatic N) is 3. The van der Waals surface area contributed by atoms with E-state index in [0.717, 1.165) is 23.1 Å². The van der Waals surface area contributed by atoms with E-state index < -0.39 is 17.7 Å². The summed E-state index contributed by atoms with van der Waals surface area (Å²) < 4.78 is 40.3. The summed E-state index contributed by atoms with van der Waals surface area (Å²) in [6.45, 7) is 2.24. The van der Waals surface area contributed by atoms with Gasteiger partial charge in [-0.25, -0.2) is 0 Å². The Labute approximate surface area is 212 Å². The second-order valence-electron chi connectivity index (χ2n) is 9.20. The van der Waals surface area contributed by atoms with Crippen LogP contribution in [0.1, 0.15) is 16.8 Å². The van der Waals surface area contributed by atoms with Crippen molar-refractivity contribution in [3.8, 4) is 0 Å². The molecule has 1 fully saturated rings. The molecule has 36 heavy (non-hydrogen) atoms. The number of halogens is 4. The van der Waals surface area contributed by atoms with E-state index in [-0.39, 0.29) is 18.4 Å². The van der Waals surface area contributed by atoms with E-state index in [2.05, 4.69) is 20.1 Å². The quantitative estimate of drug-likeness (QED) is 0.522. The highest BCUT2D eigenvalue weighted by molar-refractivity contribution is 6.30. The summed E-state index contributed by atoms with van der Waals surface area (Å²) in [5, 5.41) is 3.64. The molecule has 2 atom stereocenters. The Balaban J connectivity index is 1.40. The lowest BCUT2D eigenvalue weighted by Crippen LogP contribution is -2.61. The van der Waals surface area contributed by atoms with Gasteiger partial charge in [0.25, 0.3) is 0 Å². The van der Waals surface area contributed by atoms with Crippen LogP contribution in [0.2, 0.25) is 5.02 Å². The second-order valence-corrected chi connectivity index (χ2v) is 9.64. The predicted octanol–water partition coefficient (Wildman–Crippen LogP) is 4.98. The minimum absolute atomic E-state index is 0.156. The lowest BCUT2D eigenvalue weighted by molar-refractivity contribution is -0.137. The summed E-state index contributed by atoms with van der Waals surface area (Å²) in [4.78, 5) is 22.0. The first-order valence-corrected chi connectivity index (χ1v) is 12.3. The van der Waals surface area contributed by atoms with Crippen molar-refractivity contribution in [3.63, 3.8) is 0 Å². The fourth-order valence-electron chi connectivity index (χ4n) is 5.20. The number of benzene rings is 2. The van der Waals surface area contributed by atoms with Gasteiger partial charge in [-0.05, 0) is 60.5 Å². The van der Waals surface area contributed by atoms with Crippen molar-refractivity contribution in [2.24, 2.45) is 5.92 Å². The van der Waals surface area contributed by atoms with Crippen LogP contribution in [0.4, 0.5) is 24.5 Å². The Kier molecular flexibility index (Phi) is 6.79. The number of fused-ring (bicyclic) bond motifs is 3. The van der Waals surface area contributed by atoms with Crippen LogP contribution in [0.25, 0.3) is 0 Å². The molecule has 188 valence electrons. The molecule has 0 radical (unpaired) electrons. The molecule has 2 aromatic carbocycles. The zero-order chi connectivity index (χ0) is 25.3. The van der Waals surface area contributed by atoms with Gasteiger partial charge in [0.1, 0.15) is 0 Å². The molecule has 1 amide bonds. The van der Waals surface area contributed by atoms with Gasteiger partial charge in [-0.3, -0.25) is 9.78 Å². The van der Waals surface area contributed by atoms with E-state index in [0.29, 0.717) is 43.2 Å². The number of anilines is 2. The van der Waals surface area contributed by atoms with Gasteiger partial charge < -0.3 is 15.1 Å². The first-order valence-electron chi connectivity index (χ1n) is 11.9. The molecule has 0 spiro atoms. The van der Waals surface area contributed by atoms with Crippen LogP contribution in [0, 0.1) is 5.92 Å². The Morgan fingerprint density at radius 3 is 2.69 bits per heavy atom. The molecule has 0 aliphatic carbocycles. The number of carbonyl (C=O) groups is 1. The molecule has 0 saturated carbocycles. The second kappa shape index (κ2) is 10.0. The van der Waals surface area contributed by atoms with Gasteiger partial charge in [0.15, 0.2) is 0 Å². The number of alkyl halides is 3. The van der Waals surface area contributed by atoms with Gasteiger partial charge in [0.2, 0.25) is 5.91 Å². The SMILES string of the molecule is O=C(NCCc1ccccn1)[C@H]1Cc2cc(C(F)(F)F)ccc2N2CCN(c3cccc(Cl)c3)C[C@@H]12. The number of hydrogen-bond donors (Lipinski definition) is 1. The number of amides is 1. The number of nitrogens with one attached hydrogen (secondary N) is 1. The third kappa shape index (κ3) is 5.14. The van der Waals surface area contributed by atoms with Crippen LogP contribution in [0.15, 0.2) is 66.9 Å². The van der Waals surface area contributed by atoms with Crippen LogP contribution in [-0.2, 0) is 23.8 Å². The number of hydrogen-bond acceptors (Lipinski definition) is 4. The molecule has 1 saturated heterocycles. The van der Waals surface area contributed by atoms with Crippen molar-refractivity contribution in [1.82, 2.24) is 10.3 Å². The first kappa shape index (κ1) is 24.4. The number of carbonyl (C=O) groups excluding carboxylic acids is 1. The van der Waals surface area contributed by atoms with E-state index in [9.17, 15) is 18.0 Å². The first-order chi connectivity index (χ1) is 17.3. The maximum Gasteiger partial charge on any atom is 0.416 e. The molecule has 0 bridgehead atoms. The largest absolute Gasteiger partial charge is 0.416 e. The number of rotatable bonds is 5. The number of piperazine rings is 1. The summed E-state index contributed by atoms with van der Waals surface area (Å²) >= 11 is 6.21. The van der Waals surface area contributed by atoms with Gasteiger partial charge in [-0.1, -0.05) is 23.7 Å². The van der Waals surface area contributed by atoms with Gasteiger partial charge in [-0.2, -0.15) is 13.2 Å². The van der Waals surface area contributed by atoms with Gasteiger partial charge in [0.05, 0.1) is 17.5 Å². The van der Waals surface area contributed by atoms with Crippen LogP contribution in [0.5, 0.6) is 0 Å². The lowest BCUT2D eigenvalue weighted by atomic mass is 9.82. The summed E-state index contributed by atoms with van der Waals surface area (Å²) in [6, 6.07) is 16.9. The number of aromatic nitrogens is 1. The molecule has 3 aromatic rings. The van der Waals surface area contributed by atoms with Gasteiger partial charge in [-0.15, -0.1) is 0 Å². The van der Waals surface area contributed by atoms with Crippen LogP contribution < -0.4 is 15.1 Å². The molecule has 5 nitrogen and oxygen atoms in total. The minimum atomic E-state index is -4.43. The highest BCUT2D eigenvalue weighted by Gasteiger charge is 2.42. The monoisotopic (exact) mass is 514 g/mol. The molecule has 1 aromatic heterocycles. The zero-order valence-corrected chi connectivity index (χ0v) is 20.3. The summed E-state index contributed by atoms with van der Waals surface area (Å²) in [7, 11) is 0. The van der Waals surface area contributed by atoms with Crippen LogP contribution in [-0.4, -0.2) is 43.1 Å². The Bertz CT molecular complexity index is 1240. The zero-order valence-electron chi connectivity index (χ0n) is 19.5. The summed E-state index contributed by atoms with van der Waals surface area (Å²) in [6.07, 6.45) is -1.90. The van der Waals surface area contributed by atoms with E-state index >= 15 is 0 Å². The Morgan fingerprint density at radius 1 is 1.08 bits per heavy atom. The maximum atomic E-state index is 13.4. The molecular formula is C27H26ClF3N4O. The highest BCUT2D eigenvalue weighted by atomic mass is 35.5. The van der Waals surface area contributed by atoms with Gasteiger partial charge >= 0.3 is 6.18 Å². The van der Waals surface area contributed by atoms with Crippen molar-refractivity contribution >= 4 is 28.9 Å². The highest BCUT2D eigenvalue weighted by Crippen LogP contribution is 2.40. The van der Waals surface area contributed by atoms with E-state index in [1.54, 1.807) is 12.3 Å². The number of pyridine rings is 1. The molecular weight excluding hydrogens is 489 g/mol. The lowest BCUT2D eigenvalue weighted by Gasteiger charge is -2.49. The van der Waals surface area contributed by atoms with Crippen molar-refractivity contribution < 1.29 is 18.0 Å². The Hall–Kier alpha value is -3.26. The predicted molar refractivity (Wildman–Crippen MR) is 134 cm³/mol. The van der Waals surface area contributed by atoms with E-state index in [1.807, 2.05) is 42.5 Å². The minimum Gasteiger partial charge on any atom is -0.368 e. The molecule has 0 unspecified atom stereocenters. The van der Waals surface area contributed by atoms with Crippen molar-refractivity contribution in [2.45, 2.75) is 25.1 Å². The van der Waals surface area contributed by atoms with Gasteiger partial charge in [0, 0.05) is 60.9 Å². The topological polar surface area (TPSA) is 48.5 Å². The third-order valence-electron chi connectivity index (χ3n) is 6.96. The molecule has 3 heterocycles. The van der Waals surface area contributed by atoms with Crippen molar-refractivity contribution in [2.75, 3.05) is 36.0 Å². The summed E-state index contributed by atoms with van der Waals surface area (Å²) in [5.74, 6) is -0.649. The standard InChI is InChI=1S/C27H26ClF3N4O/c28-20-4-3-6-22(16-20)34-12-13-35-24-8-7-19(27(29,30)31)14-18(24)15-23(25(35)17-34)26(36)33-11-9-21-5-1-2-10-32-21/h1-8,10,14,16,23,25H,9,11-13,15,17H2,(H,33,36)/t23-,25-/m0/s1. The fourth-order valence-corrected chi connectivity index (χ4v) is 5.38. The maximum absolute atomic E-state index is 13.4. The molecule has 2 aliphatic rings. The molecule has 2 aliphatic heterocycles. The van der Waals surface area contributed by atoms with Crippen LogP contribution >= 0.6 is 11.6 Å². The normalized spacial score (nSPS) is 19.4. The molecule has 5 rings (SSSR count).